The lowest BCUT2D eigenvalue weighted by atomic mass is 10.2. The summed E-state index contributed by atoms with van der Waals surface area (Å²) in [5, 5.41) is 7.23. The van der Waals surface area contributed by atoms with Gasteiger partial charge in [-0.1, -0.05) is 23.7 Å². The molecule has 36 heavy (non-hydrogen) atoms. The van der Waals surface area contributed by atoms with Gasteiger partial charge in [0, 0.05) is 19.0 Å². The van der Waals surface area contributed by atoms with Crippen molar-refractivity contribution < 1.29 is 19.0 Å². The minimum Gasteiger partial charge on any atom is -0.488 e. The van der Waals surface area contributed by atoms with Crippen molar-refractivity contribution in [2.45, 2.75) is 19.6 Å². The Labute approximate surface area is 213 Å². The zero-order valence-corrected chi connectivity index (χ0v) is 20.7. The minimum absolute atomic E-state index is 0.00156. The number of benzene rings is 2. The van der Waals surface area contributed by atoms with E-state index >= 15 is 0 Å². The monoisotopic (exact) mass is 507 g/mol. The molecule has 0 aliphatic carbocycles. The highest BCUT2D eigenvalue weighted by atomic mass is 35.5. The molecule has 1 atom stereocenters. The first kappa shape index (κ1) is 25.2. The van der Waals surface area contributed by atoms with E-state index in [1.165, 1.54) is 13.4 Å². The normalized spacial score (nSPS) is 11.6. The van der Waals surface area contributed by atoms with Crippen LogP contribution in [0, 0.1) is 0 Å². The third kappa shape index (κ3) is 6.59. The number of hydrogen-bond donors (Lipinski definition) is 2. The number of fused-ring (bicyclic) bond motifs is 1. The van der Waals surface area contributed by atoms with Gasteiger partial charge in [-0.15, -0.1) is 0 Å². The van der Waals surface area contributed by atoms with Crippen LogP contribution in [0.1, 0.15) is 12.6 Å². The van der Waals surface area contributed by atoms with Crippen molar-refractivity contribution in [1.29, 1.82) is 0 Å². The smallest absolute Gasteiger partial charge is 0.246 e. The molecule has 0 aliphatic heterocycles. The molecule has 0 bridgehead atoms. The summed E-state index contributed by atoms with van der Waals surface area (Å²) in [7, 11) is 1.47. The summed E-state index contributed by atoms with van der Waals surface area (Å²) in [5.41, 5.74) is 2.24. The summed E-state index contributed by atoms with van der Waals surface area (Å²) in [6.45, 7) is 2.50. The molecular weight excluding hydrogens is 482 g/mol. The summed E-state index contributed by atoms with van der Waals surface area (Å²) >= 11 is 6.48. The molecule has 0 fully saturated rings. The van der Waals surface area contributed by atoms with Gasteiger partial charge in [0.2, 0.25) is 5.91 Å². The van der Waals surface area contributed by atoms with E-state index in [0.717, 1.165) is 11.4 Å². The van der Waals surface area contributed by atoms with Gasteiger partial charge in [0.25, 0.3) is 0 Å². The van der Waals surface area contributed by atoms with Crippen LogP contribution in [0.25, 0.3) is 10.9 Å². The number of nitrogens with zero attached hydrogens (tertiary/aromatic N) is 3. The molecule has 2 heterocycles. The van der Waals surface area contributed by atoms with Crippen LogP contribution in [0.2, 0.25) is 5.02 Å². The number of ether oxygens (including phenoxy) is 3. The van der Waals surface area contributed by atoms with Crippen molar-refractivity contribution in [1.82, 2.24) is 20.3 Å². The summed E-state index contributed by atoms with van der Waals surface area (Å²) in [4.78, 5) is 24.7. The fourth-order valence-electron chi connectivity index (χ4n) is 3.44. The highest BCUT2D eigenvalue weighted by molar-refractivity contribution is 6.32. The molecule has 4 aromatic rings. The van der Waals surface area contributed by atoms with E-state index in [0.29, 0.717) is 46.4 Å². The maximum Gasteiger partial charge on any atom is 0.246 e. The molecule has 10 heteroatoms. The Morgan fingerprint density at radius 1 is 1.06 bits per heavy atom. The lowest BCUT2D eigenvalue weighted by molar-refractivity contribution is -0.125. The van der Waals surface area contributed by atoms with Crippen LogP contribution in [0.15, 0.2) is 67.1 Å². The van der Waals surface area contributed by atoms with Crippen LogP contribution in [0.4, 0.5) is 11.5 Å². The van der Waals surface area contributed by atoms with Gasteiger partial charge < -0.3 is 24.8 Å². The Balaban J connectivity index is 1.49. The van der Waals surface area contributed by atoms with Gasteiger partial charge in [0.05, 0.1) is 28.2 Å². The van der Waals surface area contributed by atoms with Crippen LogP contribution < -0.4 is 20.1 Å². The number of pyridine rings is 1. The number of aromatic nitrogens is 3. The number of methoxy groups -OCH3 is 1. The van der Waals surface area contributed by atoms with Crippen molar-refractivity contribution >= 4 is 39.9 Å². The zero-order valence-electron chi connectivity index (χ0n) is 19.9. The van der Waals surface area contributed by atoms with E-state index in [9.17, 15) is 4.79 Å². The topological polar surface area (TPSA) is 107 Å². The Kier molecular flexibility index (Phi) is 8.48. The standard InChI is InChI=1S/C26H26ClN5O4/c1-17(13-29-24(33)15-34-2)36-23-8-5-7-21-25(23)26(31-16-30-21)32-18-9-10-22(20(27)12-18)35-14-19-6-3-4-11-28-19/h3-12,16-17H,13-15H2,1-2H3,(H,29,33)(H,30,31,32)/t17-/m1/s1. The molecule has 1 amide bonds. The van der Waals surface area contributed by atoms with Crippen molar-refractivity contribution in [2.24, 2.45) is 0 Å². The average molecular weight is 508 g/mol. The van der Waals surface area contributed by atoms with Gasteiger partial charge in [-0.05, 0) is 49.4 Å². The molecule has 4 rings (SSSR count). The van der Waals surface area contributed by atoms with Crippen molar-refractivity contribution in [2.75, 3.05) is 25.6 Å². The van der Waals surface area contributed by atoms with E-state index in [-0.39, 0.29) is 18.6 Å². The van der Waals surface area contributed by atoms with Gasteiger partial charge in [0.1, 0.15) is 43.0 Å². The zero-order chi connectivity index (χ0) is 25.3. The fraction of sp³-hybridized carbons (Fsp3) is 0.231. The predicted octanol–water partition coefficient (Wildman–Crippen LogP) is 4.53. The van der Waals surface area contributed by atoms with Gasteiger partial charge in [-0.3, -0.25) is 9.78 Å². The molecule has 0 spiro atoms. The lowest BCUT2D eigenvalue weighted by Crippen LogP contribution is -2.35. The van der Waals surface area contributed by atoms with Crippen LogP contribution >= 0.6 is 11.6 Å². The Morgan fingerprint density at radius 3 is 2.72 bits per heavy atom. The van der Waals surface area contributed by atoms with Gasteiger partial charge in [-0.2, -0.15) is 0 Å². The van der Waals surface area contributed by atoms with E-state index < -0.39 is 0 Å². The summed E-state index contributed by atoms with van der Waals surface area (Å²) in [6.07, 6.45) is 2.90. The van der Waals surface area contributed by atoms with Crippen LogP contribution in [0.3, 0.4) is 0 Å². The predicted molar refractivity (Wildman–Crippen MR) is 138 cm³/mol. The summed E-state index contributed by atoms with van der Waals surface area (Å²) < 4.78 is 16.8. The second-order valence-electron chi connectivity index (χ2n) is 7.92. The van der Waals surface area contributed by atoms with E-state index in [1.54, 1.807) is 18.3 Å². The molecule has 2 aromatic carbocycles. The Hall–Kier alpha value is -3.95. The van der Waals surface area contributed by atoms with Gasteiger partial charge in [-0.25, -0.2) is 9.97 Å². The number of carbonyl (C=O) groups excluding carboxylic acids is 1. The average Bonchev–Trinajstić information content (AvgIpc) is 2.88. The van der Waals surface area contributed by atoms with Crippen molar-refractivity contribution in [3.8, 4) is 11.5 Å². The van der Waals surface area contributed by atoms with Crippen molar-refractivity contribution in [3.63, 3.8) is 0 Å². The second kappa shape index (κ2) is 12.1. The number of halogens is 1. The van der Waals surface area contributed by atoms with Crippen molar-refractivity contribution in [3.05, 3.63) is 77.8 Å². The number of rotatable bonds is 11. The molecule has 186 valence electrons. The number of carbonyl (C=O) groups is 1. The van der Waals surface area contributed by atoms with E-state index in [4.69, 9.17) is 25.8 Å². The van der Waals surface area contributed by atoms with Crippen LogP contribution in [-0.4, -0.2) is 47.2 Å². The number of amides is 1. The number of anilines is 2. The number of nitrogens with one attached hydrogen (secondary N) is 2. The summed E-state index contributed by atoms with van der Waals surface area (Å²) in [6, 6.07) is 16.6. The molecule has 0 unspecified atom stereocenters. The number of hydrogen-bond acceptors (Lipinski definition) is 8. The second-order valence-corrected chi connectivity index (χ2v) is 8.33. The highest BCUT2D eigenvalue weighted by Gasteiger charge is 2.14. The maximum atomic E-state index is 11.7. The third-order valence-electron chi connectivity index (χ3n) is 5.11. The first-order valence-electron chi connectivity index (χ1n) is 11.3. The maximum absolute atomic E-state index is 11.7. The third-order valence-corrected chi connectivity index (χ3v) is 5.41. The molecule has 9 nitrogen and oxygen atoms in total. The molecule has 0 aliphatic rings. The van der Waals surface area contributed by atoms with Gasteiger partial charge >= 0.3 is 0 Å². The Morgan fingerprint density at radius 2 is 1.94 bits per heavy atom. The van der Waals surface area contributed by atoms with Gasteiger partial charge in [0.15, 0.2) is 0 Å². The fourth-order valence-corrected chi connectivity index (χ4v) is 3.67. The minimum atomic E-state index is -0.297. The van der Waals surface area contributed by atoms with Crippen LogP contribution in [-0.2, 0) is 16.1 Å². The molecule has 0 radical (unpaired) electrons. The highest BCUT2D eigenvalue weighted by Crippen LogP contribution is 2.34. The molecular formula is C26H26ClN5O4. The lowest BCUT2D eigenvalue weighted by Gasteiger charge is -2.18. The van der Waals surface area contributed by atoms with Crippen LogP contribution in [0.5, 0.6) is 11.5 Å². The summed E-state index contributed by atoms with van der Waals surface area (Å²) in [5.74, 6) is 1.49. The molecule has 0 saturated heterocycles. The molecule has 2 aromatic heterocycles. The van der Waals surface area contributed by atoms with E-state index in [2.05, 4.69) is 25.6 Å². The Bertz CT molecular complexity index is 1320. The first-order chi connectivity index (χ1) is 17.5. The SMILES string of the molecule is COCC(=O)NC[C@@H](C)Oc1cccc2ncnc(Nc3ccc(OCc4ccccn4)c(Cl)c3)c12. The first-order valence-corrected chi connectivity index (χ1v) is 11.7. The molecule has 0 saturated carbocycles. The molecule has 2 N–H and O–H groups in total. The van der Waals surface area contributed by atoms with E-state index in [1.807, 2.05) is 49.4 Å². The quantitative estimate of drug-likeness (QED) is 0.305. The largest absolute Gasteiger partial charge is 0.488 e.